The maximum absolute atomic E-state index is 12.8. The predicted molar refractivity (Wildman–Crippen MR) is 134 cm³/mol. The molecule has 3 rings (SSSR count). The number of carbonyl (C=O) groups is 3. The van der Waals surface area contributed by atoms with Crippen LogP contribution in [0.3, 0.4) is 0 Å². The molecule has 3 amide bonds. The van der Waals surface area contributed by atoms with Gasteiger partial charge in [0.25, 0.3) is 11.8 Å². The first kappa shape index (κ1) is 25.3. The molecule has 0 radical (unpaired) electrons. The molecule has 9 nitrogen and oxygen atoms in total. The van der Waals surface area contributed by atoms with Crippen LogP contribution in [0.25, 0.3) is 0 Å². The Kier molecular flexibility index (Phi) is 8.42. The molecule has 0 aliphatic carbocycles. The molecule has 180 valence electrons. The van der Waals surface area contributed by atoms with Crippen LogP contribution < -0.4 is 26.8 Å². The second-order valence-corrected chi connectivity index (χ2v) is 8.05. The summed E-state index contributed by atoms with van der Waals surface area (Å²) >= 11 is 6.17. The zero-order valence-electron chi connectivity index (χ0n) is 18.6. The van der Waals surface area contributed by atoms with Crippen molar-refractivity contribution in [2.75, 3.05) is 11.9 Å². The number of anilines is 1. The summed E-state index contributed by atoms with van der Waals surface area (Å²) in [6, 6.07) is 18.5. The average Bonchev–Trinajstić information content (AvgIpc) is 2.81. The van der Waals surface area contributed by atoms with Crippen molar-refractivity contribution in [3.8, 4) is 5.75 Å². The average molecular weight is 494 g/mol. The van der Waals surface area contributed by atoms with Gasteiger partial charge in [0.1, 0.15) is 11.6 Å². The lowest BCUT2D eigenvalue weighted by molar-refractivity contribution is -0.120. The monoisotopic (exact) mass is 493 g/mol. The fourth-order valence-electron chi connectivity index (χ4n) is 3.21. The molecule has 0 saturated heterocycles. The maximum Gasteiger partial charge on any atom is 0.255 e. The van der Waals surface area contributed by atoms with Gasteiger partial charge in [-0.15, -0.1) is 0 Å². The van der Waals surface area contributed by atoms with Crippen LogP contribution in [-0.4, -0.2) is 30.2 Å². The summed E-state index contributed by atoms with van der Waals surface area (Å²) in [4.78, 5) is 36.3. The molecule has 0 fully saturated rings. The number of ether oxygens (including phenoxy) is 1. The molecule has 0 bridgehead atoms. The second kappa shape index (κ2) is 11.7. The number of nitrogen functional groups attached to an aromatic ring is 1. The SMILES string of the molecule is N=C(N)c1ccc(CNC(=O)c2cc(Cl)cc(NC(=O)Cc3ccccc3)c2)c(OCC(N)=O)c1. The van der Waals surface area contributed by atoms with Crippen LogP contribution in [0, 0.1) is 5.41 Å². The minimum absolute atomic E-state index is 0.0489. The van der Waals surface area contributed by atoms with Gasteiger partial charge >= 0.3 is 0 Å². The lowest BCUT2D eigenvalue weighted by Gasteiger charge is -2.14. The Morgan fingerprint density at radius 2 is 1.69 bits per heavy atom. The molecule has 0 unspecified atom stereocenters. The third kappa shape index (κ3) is 7.58. The Bertz CT molecular complexity index is 1260. The Labute approximate surface area is 206 Å². The van der Waals surface area contributed by atoms with E-state index in [0.717, 1.165) is 5.56 Å². The molecule has 3 aromatic rings. The number of benzene rings is 3. The van der Waals surface area contributed by atoms with Crippen LogP contribution in [0.15, 0.2) is 66.7 Å². The molecular weight excluding hydrogens is 470 g/mol. The number of hydrogen-bond donors (Lipinski definition) is 5. The number of amides is 3. The molecule has 7 N–H and O–H groups in total. The van der Waals surface area contributed by atoms with Crippen LogP contribution in [-0.2, 0) is 22.6 Å². The van der Waals surface area contributed by atoms with Crippen molar-refractivity contribution >= 4 is 40.8 Å². The Morgan fingerprint density at radius 1 is 0.943 bits per heavy atom. The Hall–Kier alpha value is -4.37. The van der Waals surface area contributed by atoms with E-state index in [1.807, 2.05) is 30.3 Å². The van der Waals surface area contributed by atoms with E-state index in [2.05, 4.69) is 10.6 Å². The van der Waals surface area contributed by atoms with E-state index < -0.39 is 11.8 Å². The summed E-state index contributed by atoms with van der Waals surface area (Å²) in [5.74, 6) is -1.27. The number of carbonyl (C=O) groups excluding carboxylic acids is 3. The molecular formula is C25H24ClN5O4. The predicted octanol–water partition coefficient (Wildman–Crippen LogP) is 2.60. The van der Waals surface area contributed by atoms with E-state index in [9.17, 15) is 14.4 Å². The molecule has 10 heteroatoms. The standard InChI is InChI=1S/C25H24ClN5O4/c26-19-9-18(10-20(12-19)31-23(33)8-15-4-2-1-3-5-15)25(34)30-13-17-7-6-16(24(28)29)11-21(17)35-14-22(27)32/h1-7,9-12H,8,13-14H2,(H2,27,32)(H3,28,29)(H,30,34)(H,31,33). The first-order valence-electron chi connectivity index (χ1n) is 10.5. The minimum atomic E-state index is -0.672. The van der Waals surface area contributed by atoms with Gasteiger partial charge in [0.15, 0.2) is 6.61 Å². The summed E-state index contributed by atoms with van der Waals surface area (Å²) in [5, 5.41) is 13.4. The third-order valence-corrected chi connectivity index (χ3v) is 5.06. The van der Waals surface area contributed by atoms with E-state index in [0.29, 0.717) is 16.8 Å². The summed E-state index contributed by atoms with van der Waals surface area (Å²) in [7, 11) is 0. The number of halogens is 1. The molecule has 3 aromatic carbocycles. The van der Waals surface area contributed by atoms with Crippen molar-refractivity contribution in [2.24, 2.45) is 11.5 Å². The highest BCUT2D eigenvalue weighted by Crippen LogP contribution is 2.22. The van der Waals surface area contributed by atoms with Gasteiger partial charge in [0.2, 0.25) is 5.91 Å². The maximum atomic E-state index is 12.8. The van der Waals surface area contributed by atoms with Crippen LogP contribution in [0.1, 0.15) is 27.0 Å². The second-order valence-electron chi connectivity index (χ2n) is 7.61. The third-order valence-electron chi connectivity index (χ3n) is 4.84. The topological polar surface area (TPSA) is 160 Å². The lowest BCUT2D eigenvalue weighted by atomic mass is 10.1. The van der Waals surface area contributed by atoms with Gasteiger partial charge in [0, 0.05) is 33.9 Å². The van der Waals surface area contributed by atoms with E-state index in [1.165, 1.54) is 18.2 Å². The first-order chi connectivity index (χ1) is 16.7. The van der Waals surface area contributed by atoms with E-state index in [-0.39, 0.29) is 47.7 Å². The van der Waals surface area contributed by atoms with Crippen LogP contribution >= 0.6 is 11.6 Å². The number of hydrogen-bond acceptors (Lipinski definition) is 5. The summed E-state index contributed by atoms with van der Waals surface area (Å²) in [5.41, 5.74) is 13.1. The van der Waals surface area contributed by atoms with E-state index in [1.54, 1.807) is 18.2 Å². The largest absolute Gasteiger partial charge is 0.483 e. The number of rotatable bonds is 10. The zero-order valence-corrected chi connectivity index (χ0v) is 19.4. The number of nitrogens with two attached hydrogens (primary N) is 2. The molecule has 0 aromatic heterocycles. The molecule has 0 aliphatic rings. The quantitative estimate of drug-likeness (QED) is 0.216. The highest BCUT2D eigenvalue weighted by Gasteiger charge is 2.13. The van der Waals surface area contributed by atoms with Crippen molar-refractivity contribution in [3.05, 3.63) is 94.0 Å². The highest BCUT2D eigenvalue weighted by atomic mass is 35.5. The van der Waals surface area contributed by atoms with Gasteiger partial charge in [0.05, 0.1) is 6.42 Å². The fraction of sp³-hybridized carbons (Fsp3) is 0.120. The van der Waals surface area contributed by atoms with Gasteiger partial charge in [-0.3, -0.25) is 19.8 Å². The van der Waals surface area contributed by atoms with Gasteiger partial charge in [-0.25, -0.2) is 0 Å². The molecule has 0 aliphatic heterocycles. The first-order valence-corrected chi connectivity index (χ1v) is 10.9. The fourth-order valence-corrected chi connectivity index (χ4v) is 3.44. The number of nitrogens with one attached hydrogen (secondary N) is 3. The number of amidine groups is 1. The van der Waals surface area contributed by atoms with Gasteiger partial charge in [-0.05, 0) is 29.8 Å². The van der Waals surface area contributed by atoms with Crippen molar-refractivity contribution in [2.45, 2.75) is 13.0 Å². The minimum Gasteiger partial charge on any atom is -0.483 e. The molecule has 0 heterocycles. The van der Waals surface area contributed by atoms with Crippen LogP contribution in [0.4, 0.5) is 5.69 Å². The summed E-state index contributed by atoms with van der Waals surface area (Å²) in [6.45, 7) is -0.323. The summed E-state index contributed by atoms with van der Waals surface area (Å²) in [6.07, 6.45) is 0.180. The van der Waals surface area contributed by atoms with Crippen molar-refractivity contribution in [3.63, 3.8) is 0 Å². The Morgan fingerprint density at radius 3 is 2.37 bits per heavy atom. The zero-order chi connectivity index (χ0) is 25.4. The molecule has 0 saturated carbocycles. The van der Waals surface area contributed by atoms with Crippen molar-refractivity contribution < 1.29 is 19.1 Å². The van der Waals surface area contributed by atoms with Gasteiger partial charge in [-0.2, -0.15) is 0 Å². The van der Waals surface area contributed by atoms with Crippen LogP contribution in [0.5, 0.6) is 5.75 Å². The molecule has 0 atom stereocenters. The van der Waals surface area contributed by atoms with Gasteiger partial charge < -0.3 is 26.8 Å². The number of primary amides is 1. The van der Waals surface area contributed by atoms with Gasteiger partial charge in [-0.1, -0.05) is 54.1 Å². The van der Waals surface area contributed by atoms with Crippen LogP contribution in [0.2, 0.25) is 5.02 Å². The lowest BCUT2D eigenvalue weighted by Crippen LogP contribution is -2.25. The highest BCUT2D eigenvalue weighted by molar-refractivity contribution is 6.31. The summed E-state index contributed by atoms with van der Waals surface area (Å²) < 4.78 is 5.41. The van der Waals surface area contributed by atoms with Crippen molar-refractivity contribution in [1.29, 1.82) is 5.41 Å². The molecule has 0 spiro atoms. The normalized spacial score (nSPS) is 10.3. The molecule has 35 heavy (non-hydrogen) atoms. The van der Waals surface area contributed by atoms with E-state index in [4.69, 9.17) is 33.2 Å². The van der Waals surface area contributed by atoms with Crippen molar-refractivity contribution in [1.82, 2.24) is 5.32 Å². The smallest absolute Gasteiger partial charge is 0.255 e. The van der Waals surface area contributed by atoms with E-state index >= 15 is 0 Å². The Balaban J connectivity index is 1.70.